The average molecular weight is 388 g/mol. The van der Waals surface area contributed by atoms with Gasteiger partial charge in [0.15, 0.2) is 5.75 Å². The van der Waals surface area contributed by atoms with Crippen molar-refractivity contribution in [3.05, 3.63) is 72.7 Å². The summed E-state index contributed by atoms with van der Waals surface area (Å²) < 4.78 is 5.92. The van der Waals surface area contributed by atoms with E-state index in [1.54, 1.807) is 6.07 Å². The van der Waals surface area contributed by atoms with E-state index in [9.17, 15) is 4.79 Å². The first-order chi connectivity index (χ1) is 14.3. The molecule has 4 rings (SSSR count). The van der Waals surface area contributed by atoms with Crippen molar-refractivity contribution >= 4 is 17.4 Å². The second kappa shape index (κ2) is 9.19. The van der Waals surface area contributed by atoms with Crippen LogP contribution in [-0.2, 0) is 0 Å². The van der Waals surface area contributed by atoms with E-state index in [1.165, 1.54) is 19.2 Å². The van der Waals surface area contributed by atoms with Gasteiger partial charge in [-0.2, -0.15) is 0 Å². The van der Waals surface area contributed by atoms with Crippen molar-refractivity contribution in [3.8, 4) is 11.5 Å². The number of rotatable bonds is 5. The molecule has 1 aliphatic heterocycles. The van der Waals surface area contributed by atoms with Gasteiger partial charge in [0.2, 0.25) is 0 Å². The van der Waals surface area contributed by atoms with Crippen LogP contribution >= 0.6 is 0 Å². The van der Waals surface area contributed by atoms with Gasteiger partial charge in [0.25, 0.3) is 5.91 Å². The Morgan fingerprint density at radius 2 is 1.62 bits per heavy atom. The number of hydrogen-bond acceptors (Lipinski definition) is 5. The quantitative estimate of drug-likeness (QED) is 0.673. The van der Waals surface area contributed by atoms with Gasteiger partial charge in [0.05, 0.1) is 5.69 Å². The lowest BCUT2D eigenvalue weighted by atomic mass is 10.2. The molecule has 1 N–H and O–H groups in total. The number of hydrogen-bond donors (Lipinski definition) is 1. The number of carbonyl (C=O) groups excluding carboxylic acids is 1. The van der Waals surface area contributed by atoms with Gasteiger partial charge in [-0.3, -0.25) is 4.79 Å². The van der Waals surface area contributed by atoms with Crippen LogP contribution in [-0.4, -0.2) is 29.0 Å². The summed E-state index contributed by atoms with van der Waals surface area (Å²) in [5.41, 5.74) is 0.935. The average Bonchev–Trinajstić information content (AvgIpc) is 3.06. The zero-order chi connectivity index (χ0) is 19.9. The minimum atomic E-state index is -0.285. The molecule has 0 atom stereocenters. The third-order valence-corrected chi connectivity index (χ3v) is 4.92. The number of carbonyl (C=O) groups is 1. The molecule has 148 valence electrons. The normalized spacial score (nSPS) is 14.1. The third-order valence-electron chi connectivity index (χ3n) is 4.92. The fourth-order valence-corrected chi connectivity index (χ4v) is 3.40. The Labute approximate surface area is 170 Å². The number of para-hydroxylation sites is 3. The Balaban J connectivity index is 1.50. The molecule has 0 spiro atoms. The molecule has 6 heteroatoms. The third kappa shape index (κ3) is 4.90. The van der Waals surface area contributed by atoms with Crippen molar-refractivity contribution in [2.75, 3.05) is 23.3 Å². The maximum atomic E-state index is 12.8. The SMILES string of the molecule is O=C(Nc1ccccc1Oc1ccccc1)c1cc(N2CCCCCC2)ncn1. The lowest BCUT2D eigenvalue weighted by Crippen LogP contribution is -2.25. The number of benzene rings is 2. The van der Waals surface area contributed by atoms with Gasteiger partial charge in [0.1, 0.15) is 23.6 Å². The molecule has 2 heterocycles. The van der Waals surface area contributed by atoms with Crippen LogP contribution in [0.4, 0.5) is 11.5 Å². The largest absolute Gasteiger partial charge is 0.455 e. The summed E-state index contributed by atoms with van der Waals surface area (Å²) in [6, 6.07) is 18.6. The summed E-state index contributed by atoms with van der Waals surface area (Å²) in [6.45, 7) is 1.93. The van der Waals surface area contributed by atoms with Gasteiger partial charge >= 0.3 is 0 Å². The van der Waals surface area contributed by atoms with Crippen LogP contribution in [0.15, 0.2) is 67.0 Å². The van der Waals surface area contributed by atoms with E-state index >= 15 is 0 Å². The molecule has 6 nitrogen and oxygen atoms in total. The van der Waals surface area contributed by atoms with Crippen LogP contribution in [0.1, 0.15) is 36.2 Å². The zero-order valence-corrected chi connectivity index (χ0v) is 16.3. The number of nitrogens with zero attached hydrogens (tertiary/aromatic N) is 3. The molecule has 1 fully saturated rings. The number of aromatic nitrogens is 2. The summed E-state index contributed by atoms with van der Waals surface area (Å²) in [5, 5.41) is 2.92. The van der Waals surface area contributed by atoms with Crippen molar-refractivity contribution in [1.29, 1.82) is 0 Å². The first kappa shape index (κ1) is 18.9. The Morgan fingerprint density at radius 1 is 0.897 bits per heavy atom. The molecule has 0 unspecified atom stereocenters. The Kier molecular flexibility index (Phi) is 6.00. The van der Waals surface area contributed by atoms with E-state index < -0.39 is 0 Å². The van der Waals surface area contributed by atoms with E-state index in [4.69, 9.17) is 4.74 Å². The lowest BCUT2D eigenvalue weighted by molar-refractivity contribution is 0.102. The molecule has 1 aliphatic rings. The van der Waals surface area contributed by atoms with Crippen LogP contribution in [0.2, 0.25) is 0 Å². The van der Waals surface area contributed by atoms with E-state index in [1.807, 2.05) is 54.6 Å². The van der Waals surface area contributed by atoms with Gasteiger partial charge in [0, 0.05) is 19.2 Å². The van der Waals surface area contributed by atoms with Crippen LogP contribution in [0.25, 0.3) is 0 Å². The summed E-state index contributed by atoms with van der Waals surface area (Å²) in [4.78, 5) is 23.6. The summed E-state index contributed by atoms with van der Waals surface area (Å²) in [7, 11) is 0. The van der Waals surface area contributed by atoms with E-state index in [2.05, 4.69) is 20.2 Å². The molecular formula is C23H24N4O2. The summed E-state index contributed by atoms with van der Waals surface area (Å²) in [5.74, 6) is 1.81. The molecule has 1 aromatic heterocycles. The highest BCUT2D eigenvalue weighted by molar-refractivity contribution is 6.04. The molecule has 1 saturated heterocycles. The zero-order valence-electron chi connectivity index (χ0n) is 16.3. The minimum Gasteiger partial charge on any atom is -0.455 e. The van der Waals surface area contributed by atoms with E-state index in [0.29, 0.717) is 22.9 Å². The molecule has 3 aromatic rings. The minimum absolute atomic E-state index is 0.285. The predicted molar refractivity (Wildman–Crippen MR) is 114 cm³/mol. The second-order valence-electron chi connectivity index (χ2n) is 7.03. The second-order valence-corrected chi connectivity index (χ2v) is 7.03. The molecule has 0 saturated carbocycles. The molecule has 1 amide bonds. The highest BCUT2D eigenvalue weighted by Gasteiger charge is 2.16. The monoisotopic (exact) mass is 388 g/mol. The van der Waals surface area contributed by atoms with Crippen molar-refractivity contribution < 1.29 is 9.53 Å². The van der Waals surface area contributed by atoms with E-state index in [-0.39, 0.29) is 5.91 Å². The standard InChI is InChI=1S/C23H24N4O2/c28-23(20-16-22(25-17-24-20)27-14-8-1-2-9-15-27)26-19-12-6-7-13-21(19)29-18-10-4-3-5-11-18/h3-7,10-13,16-17H,1-2,8-9,14-15H2,(H,26,28). The fraction of sp³-hybridized carbons (Fsp3) is 0.261. The first-order valence-electron chi connectivity index (χ1n) is 10.00. The van der Waals surface area contributed by atoms with Crippen molar-refractivity contribution in [2.45, 2.75) is 25.7 Å². The number of nitrogens with one attached hydrogen (secondary N) is 1. The predicted octanol–water partition coefficient (Wildman–Crippen LogP) is 4.90. The molecule has 0 bridgehead atoms. The Hall–Kier alpha value is -3.41. The van der Waals surface area contributed by atoms with Crippen LogP contribution in [0, 0.1) is 0 Å². The van der Waals surface area contributed by atoms with E-state index in [0.717, 1.165) is 31.7 Å². The van der Waals surface area contributed by atoms with Gasteiger partial charge in [-0.25, -0.2) is 9.97 Å². The Morgan fingerprint density at radius 3 is 2.41 bits per heavy atom. The number of amides is 1. The summed E-state index contributed by atoms with van der Waals surface area (Å²) in [6.07, 6.45) is 6.24. The highest BCUT2D eigenvalue weighted by Crippen LogP contribution is 2.29. The van der Waals surface area contributed by atoms with Crippen molar-refractivity contribution in [2.24, 2.45) is 0 Å². The van der Waals surface area contributed by atoms with Crippen molar-refractivity contribution in [1.82, 2.24) is 9.97 Å². The number of anilines is 2. The first-order valence-corrected chi connectivity index (χ1v) is 10.00. The molecule has 0 aliphatic carbocycles. The van der Waals surface area contributed by atoms with Crippen LogP contribution < -0.4 is 15.0 Å². The lowest BCUT2D eigenvalue weighted by Gasteiger charge is -2.21. The van der Waals surface area contributed by atoms with Crippen LogP contribution in [0.3, 0.4) is 0 Å². The molecule has 0 radical (unpaired) electrons. The topological polar surface area (TPSA) is 67.3 Å². The fourth-order valence-electron chi connectivity index (χ4n) is 3.40. The maximum Gasteiger partial charge on any atom is 0.274 e. The van der Waals surface area contributed by atoms with Crippen molar-refractivity contribution in [3.63, 3.8) is 0 Å². The highest BCUT2D eigenvalue weighted by atomic mass is 16.5. The van der Waals surface area contributed by atoms with Gasteiger partial charge in [-0.15, -0.1) is 0 Å². The van der Waals surface area contributed by atoms with Gasteiger partial charge in [-0.05, 0) is 37.1 Å². The smallest absolute Gasteiger partial charge is 0.274 e. The molecule has 2 aromatic carbocycles. The number of ether oxygens (including phenoxy) is 1. The van der Waals surface area contributed by atoms with Gasteiger partial charge in [-0.1, -0.05) is 43.2 Å². The van der Waals surface area contributed by atoms with Gasteiger partial charge < -0.3 is 15.0 Å². The Bertz CT molecular complexity index is 954. The summed E-state index contributed by atoms with van der Waals surface area (Å²) >= 11 is 0. The van der Waals surface area contributed by atoms with Crippen LogP contribution in [0.5, 0.6) is 11.5 Å². The maximum absolute atomic E-state index is 12.8. The molecule has 29 heavy (non-hydrogen) atoms. The molecular weight excluding hydrogens is 364 g/mol.